The van der Waals surface area contributed by atoms with Crippen LogP contribution in [0.15, 0.2) is 18.5 Å². The van der Waals surface area contributed by atoms with E-state index in [1.165, 1.54) is 38.5 Å². The van der Waals surface area contributed by atoms with E-state index in [1.807, 2.05) is 26.4 Å². The summed E-state index contributed by atoms with van der Waals surface area (Å²) in [5, 5.41) is 6.51. The third kappa shape index (κ3) is 6.57. The number of aromatic nitrogens is 1. The molecule has 0 unspecified atom stereocenters. The molecule has 5 nitrogen and oxygen atoms in total. The van der Waals surface area contributed by atoms with Crippen LogP contribution < -0.4 is 10.6 Å². The summed E-state index contributed by atoms with van der Waals surface area (Å²) in [4.78, 5) is 18.5. The van der Waals surface area contributed by atoms with Crippen molar-refractivity contribution in [3.05, 3.63) is 24.0 Å². The third-order valence-electron chi connectivity index (χ3n) is 4.29. The Morgan fingerprint density at radius 2 is 1.96 bits per heavy atom. The average Bonchev–Trinajstić information content (AvgIpc) is 2.80. The van der Waals surface area contributed by atoms with Crippen LogP contribution in [0.25, 0.3) is 0 Å². The Balaban J connectivity index is 1.84. The molecule has 0 radical (unpaired) electrons. The Hall–Kier alpha value is -1.62. The molecular formula is C18H30N4O. The molecule has 1 aliphatic carbocycles. The third-order valence-corrected chi connectivity index (χ3v) is 4.29. The topological polar surface area (TPSA) is 57.3 Å². The molecule has 1 amide bonds. The molecule has 128 valence electrons. The van der Waals surface area contributed by atoms with Crippen LogP contribution >= 0.6 is 0 Å². The molecule has 0 saturated heterocycles. The fourth-order valence-electron chi connectivity index (χ4n) is 3.00. The highest BCUT2D eigenvalue weighted by atomic mass is 16.1. The van der Waals surface area contributed by atoms with Crippen LogP contribution in [-0.2, 0) is 0 Å². The Labute approximate surface area is 139 Å². The highest BCUT2D eigenvalue weighted by Crippen LogP contribution is 2.21. The second-order valence-electron chi connectivity index (χ2n) is 6.71. The molecule has 1 saturated carbocycles. The Morgan fingerprint density at radius 3 is 2.65 bits per heavy atom. The maximum Gasteiger partial charge on any atom is 0.252 e. The highest BCUT2D eigenvalue weighted by molar-refractivity contribution is 5.94. The lowest BCUT2D eigenvalue weighted by molar-refractivity contribution is 0.0952. The first-order valence-electron chi connectivity index (χ1n) is 8.79. The SMILES string of the molecule is CN(C)CCCNC(=O)c1cncc(NC2CCCCCC2)c1. The molecular weight excluding hydrogens is 288 g/mol. The van der Waals surface area contributed by atoms with Crippen molar-refractivity contribution in [3.63, 3.8) is 0 Å². The van der Waals surface area contributed by atoms with Gasteiger partial charge in [-0.05, 0) is 46.0 Å². The van der Waals surface area contributed by atoms with E-state index < -0.39 is 0 Å². The smallest absolute Gasteiger partial charge is 0.252 e. The number of nitrogens with one attached hydrogen (secondary N) is 2. The van der Waals surface area contributed by atoms with Gasteiger partial charge in [0.25, 0.3) is 5.91 Å². The lowest BCUT2D eigenvalue weighted by atomic mass is 10.1. The summed E-state index contributed by atoms with van der Waals surface area (Å²) in [5.41, 5.74) is 1.59. The number of carbonyl (C=O) groups is 1. The van der Waals surface area contributed by atoms with Gasteiger partial charge < -0.3 is 15.5 Å². The van der Waals surface area contributed by atoms with Gasteiger partial charge in [0.2, 0.25) is 0 Å². The molecule has 23 heavy (non-hydrogen) atoms. The summed E-state index contributed by atoms with van der Waals surface area (Å²) in [6, 6.07) is 2.43. The normalized spacial score (nSPS) is 16.1. The van der Waals surface area contributed by atoms with Crippen molar-refractivity contribution in [1.82, 2.24) is 15.2 Å². The van der Waals surface area contributed by atoms with E-state index in [2.05, 4.69) is 20.5 Å². The summed E-state index contributed by atoms with van der Waals surface area (Å²) in [6.45, 7) is 1.67. The first kappa shape index (κ1) is 17.7. The fourth-order valence-corrected chi connectivity index (χ4v) is 3.00. The van der Waals surface area contributed by atoms with Gasteiger partial charge in [-0.3, -0.25) is 9.78 Å². The fraction of sp³-hybridized carbons (Fsp3) is 0.667. The van der Waals surface area contributed by atoms with E-state index in [0.717, 1.165) is 18.7 Å². The number of anilines is 1. The zero-order valence-corrected chi connectivity index (χ0v) is 14.5. The van der Waals surface area contributed by atoms with Crippen LogP contribution in [0.1, 0.15) is 55.3 Å². The predicted octanol–water partition coefficient (Wildman–Crippen LogP) is 2.90. The van der Waals surface area contributed by atoms with Crippen LogP contribution in [0.2, 0.25) is 0 Å². The van der Waals surface area contributed by atoms with Crippen molar-refractivity contribution in [2.75, 3.05) is 32.5 Å². The minimum Gasteiger partial charge on any atom is -0.381 e. The molecule has 0 aliphatic heterocycles. The van der Waals surface area contributed by atoms with Gasteiger partial charge in [-0.25, -0.2) is 0 Å². The molecule has 0 aromatic carbocycles. The minimum absolute atomic E-state index is 0.0410. The number of hydrogen-bond donors (Lipinski definition) is 2. The van der Waals surface area contributed by atoms with Crippen molar-refractivity contribution in [2.45, 2.75) is 51.0 Å². The molecule has 1 aromatic rings. The number of pyridine rings is 1. The van der Waals surface area contributed by atoms with E-state index in [0.29, 0.717) is 18.2 Å². The van der Waals surface area contributed by atoms with Crippen LogP contribution in [0.5, 0.6) is 0 Å². The van der Waals surface area contributed by atoms with Gasteiger partial charge in [0.15, 0.2) is 0 Å². The van der Waals surface area contributed by atoms with Gasteiger partial charge in [0, 0.05) is 25.0 Å². The van der Waals surface area contributed by atoms with Crippen molar-refractivity contribution >= 4 is 11.6 Å². The Bertz CT molecular complexity index is 482. The van der Waals surface area contributed by atoms with Gasteiger partial charge in [-0.1, -0.05) is 25.7 Å². The van der Waals surface area contributed by atoms with Crippen LogP contribution in [0.4, 0.5) is 5.69 Å². The van der Waals surface area contributed by atoms with Gasteiger partial charge in [-0.2, -0.15) is 0 Å². The molecule has 0 bridgehead atoms. The molecule has 0 atom stereocenters. The first-order chi connectivity index (χ1) is 11.1. The molecule has 1 aliphatic rings. The summed E-state index contributed by atoms with van der Waals surface area (Å²) in [6.07, 6.45) is 12.1. The number of carbonyl (C=O) groups excluding carboxylic acids is 1. The van der Waals surface area contributed by atoms with E-state index in [9.17, 15) is 4.79 Å². The lowest BCUT2D eigenvalue weighted by Crippen LogP contribution is -2.27. The second kappa shape index (κ2) is 9.50. The molecule has 0 spiro atoms. The van der Waals surface area contributed by atoms with Crippen LogP contribution in [0.3, 0.4) is 0 Å². The Morgan fingerprint density at radius 1 is 1.22 bits per heavy atom. The van der Waals surface area contributed by atoms with Gasteiger partial charge in [0.05, 0.1) is 11.3 Å². The predicted molar refractivity (Wildman–Crippen MR) is 94.9 cm³/mol. The van der Waals surface area contributed by atoms with Crippen molar-refractivity contribution < 1.29 is 4.79 Å². The minimum atomic E-state index is -0.0410. The van der Waals surface area contributed by atoms with Gasteiger partial charge >= 0.3 is 0 Å². The first-order valence-corrected chi connectivity index (χ1v) is 8.79. The number of rotatable bonds is 7. The van der Waals surface area contributed by atoms with Crippen molar-refractivity contribution in [2.24, 2.45) is 0 Å². The number of amides is 1. The summed E-state index contributed by atoms with van der Waals surface area (Å²) in [5.74, 6) is -0.0410. The molecule has 1 fully saturated rings. The van der Waals surface area contributed by atoms with E-state index >= 15 is 0 Å². The number of nitrogens with zero attached hydrogens (tertiary/aromatic N) is 2. The highest BCUT2D eigenvalue weighted by Gasteiger charge is 2.13. The van der Waals surface area contributed by atoms with Gasteiger partial charge in [0.1, 0.15) is 0 Å². The maximum absolute atomic E-state index is 12.2. The number of hydrogen-bond acceptors (Lipinski definition) is 4. The largest absolute Gasteiger partial charge is 0.381 e. The lowest BCUT2D eigenvalue weighted by Gasteiger charge is -2.17. The summed E-state index contributed by atoms with van der Waals surface area (Å²) >= 11 is 0. The monoisotopic (exact) mass is 318 g/mol. The molecule has 1 heterocycles. The molecule has 1 aromatic heterocycles. The second-order valence-corrected chi connectivity index (χ2v) is 6.71. The van der Waals surface area contributed by atoms with Gasteiger partial charge in [-0.15, -0.1) is 0 Å². The van der Waals surface area contributed by atoms with E-state index in [4.69, 9.17) is 0 Å². The molecule has 5 heteroatoms. The zero-order chi connectivity index (χ0) is 16.5. The van der Waals surface area contributed by atoms with Crippen molar-refractivity contribution in [1.29, 1.82) is 0 Å². The maximum atomic E-state index is 12.2. The summed E-state index contributed by atoms with van der Waals surface area (Å²) < 4.78 is 0. The Kier molecular flexibility index (Phi) is 7.33. The molecule has 2 rings (SSSR count). The quantitative estimate of drug-likeness (QED) is 0.599. The average molecular weight is 318 g/mol. The summed E-state index contributed by atoms with van der Waals surface area (Å²) in [7, 11) is 4.07. The van der Waals surface area contributed by atoms with Crippen LogP contribution in [-0.4, -0.2) is 49.0 Å². The van der Waals surface area contributed by atoms with E-state index in [1.54, 1.807) is 6.20 Å². The molecule has 2 N–H and O–H groups in total. The zero-order valence-electron chi connectivity index (χ0n) is 14.5. The van der Waals surface area contributed by atoms with Crippen LogP contribution in [0, 0.1) is 0 Å². The van der Waals surface area contributed by atoms with Crippen molar-refractivity contribution in [3.8, 4) is 0 Å². The van der Waals surface area contributed by atoms with E-state index in [-0.39, 0.29) is 5.91 Å². The standard InChI is InChI=1S/C18H30N4O/c1-22(2)11-7-10-20-18(23)15-12-17(14-19-13-15)21-16-8-5-3-4-6-9-16/h12-14,16,21H,3-11H2,1-2H3,(H,20,23).